The van der Waals surface area contributed by atoms with Gasteiger partial charge < -0.3 is 5.73 Å². The van der Waals surface area contributed by atoms with E-state index in [4.69, 9.17) is 11.1 Å². The van der Waals surface area contributed by atoms with Crippen molar-refractivity contribution in [3.05, 3.63) is 0 Å². The predicted octanol–water partition coefficient (Wildman–Crippen LogP) is 1.92. The van der Waals surface area contributed by atoms with Crippen LogP contribution in [0.4, 0.5) is 0 Å². The molecule has 3 heteroatoms. The minimum Gasteiger partial charge on any atom is -0.387 e. The highest BCUT2D eigenvalue weighted by Gasteiger charge is 1.93. The predicted molar refractivity (Wildman–Crippen MR) is 49.2 cm³/mol. The standard InChI is InChI=1S/C8H17N3/c1-3-5-7(9)11-8(10)6-4-2/h3-6H2,1-2H3,(H3,9,10,11). The van der Waals surface area contributed by atoms with Gasteiger partial charge in [-0.3, -0.25) is 5.41 Å². The van der Waals surface area contributed by atoms with E-state index in [1.54, 1.807) is 0 Å². The fourth-order valence-electron chi connectivity index (χ4n) is 0.778. The maximum Gasteiger partial charge on any atom is 0.122 e. The van der Waals surface area contributed by atoms with Gasteiger partial charge in [0.05, 0.1) is 0 Å². The van der Waals surface area contributed by atoms with Gasteiger partial charge in [0.2, 0.25) is 0 Å². The molecule has 0 aromatic heterocycles. The van der Waals surface area contributed by atoms with Gasteiger partial charge >= 0.3 is 0 Å². The van der Waals surface area contributed by atoms with Crippen LogP contribution in [-0.4, -0.2) is 11.7 Å². The zero-order valence-corrected chi connectivity index (χ0v) is 7.35. The normalized spacial score (nSPS) is 11.6. The van der Waals surface area contributed by atoms with E-state index in [1.165, 1.54) is 0 Å². The fourth-order valence-corrected chi connectivity index (χ4v) is 0.778. The number of nitrogens with one attached hydrogen (secondary N) is 1. The van der Waals surface area contributed by atoms with Gasteiger partial charge in [-0.05, 0) is 12.8 Å². The molecule has 0 aliphatic rings. The van der Waals surface area contributed by atoms with Crippen molar-refractivity contribution < 1.29 is 0 Å². The summed E-state index contributed by atoms with van der Waals surface area (Å²) in [4.78, 5) is 3.93. The topological polar surface area (TPSA) is 62.2 Å². The van der Waals surface area contributed by atoms with Gasteiger partial charge in [-0.1, -0.05) is 13.8 Å². The van der Waals surface area contributed by atoms with Gasteiger partial charge in [-0.15, -0.1) is 0 Å². The maximum atomic E-state index is 7.33. The molecule has 0 saturated heterocycles. The lowest BCUT2D eigenvalue weighted by Crippen LogP contribution is -2.13. The van der Waals surface area contributed by atoms with E-state index in [0.717, 1.165) is 25.7 Å². The summed E-state index contributed by atoms with van der Waals surface area (Å²) in [6.45, 7) is 4.08. The molecule has 3 N–H and O–H groups in total. The highest BCUT2D eigenvalue weighted by molar-refractivity contribution is 5.94. The Morgan fingerprint density at radius 2 is 1.82 bits per heavy atom. The molecular formula is C8H17N3. The molecule has 0 aromatic carbocycles. The zero-order chi connectivity index (χ0) is 8.69. The molecule has 0 radical (unpaired) electrons. The number of rotatable bonds is 4. The Labute approximate surface area is 68.2 Å². The third kappa shape index (κ3) is 5.58. The van der Waals surface area contributed by atoms with Crippen LogP contribution in [0.2, 0.25) is 0 Å². The Bertz CT molecular complexity index is 149. The van der Waals surface area contributed by atoms with Crippen LogP contribution < -0.4 is 5.73 Å². The van der Waals surface area contributed by atoms with Crippen molar-refractivity contribution in [2.45, 2.75) is 39.5 Å². The van der Waals surface area contributed by atoms with Crippen LogP contribution >= 0.6 is 0 Å². The van der Waals surface area contributed by atoms with Crippen molar-refractivity contribution in [1.82, 2.24) is 0 Å². The molecule has 0 aliphatic heterocycles. The van der Waals surface area contributed by atoms with Crippen LogP contribution in [0.15, 0.2) is 4.99 Å². The van der Waals surface area contributed by atoms with Crippen molar-refractivity contribution in [2.75, 3.05) is 0 Å². The number of hydrogen-bond donors (Lipinski definition) is 2. The fraction of sp³-hybridized carbons (Fsp3) is 0.750. The third-order valence-corrected chi connectivity index (χ3v) is 1.27. The van der Waals surface area contributed by atoms with Crippen LogP contribution in [-0.2, 0) is 0 Å². The quantitative estimate of drug-likeness (QED) is 0.473. The van der Waals surface area contributed by atoms with Crippen molar-refractivity contribution >= 4 is 11.7 Å². The Morgan fingerprint density at radius 1 is 1.27 bits per heavy atom. The van der Waals surface area contributed by atoms with E-state index in [2.05, 4.69) is 4.99 Å². The monoisotopic (exact) mass is 155 g/mol. The SMILES string of the molecule is CCCC(=N)N=C(N)CCC. The number of nitrogens with two attached hydrogens (primary N) is 1. The van der Waals surface area contributed by atoms with Gasteiger partial charge in [0, 0.05) is 12.8 Å². The first-order chi connectivity index (χ1) is 5.20. The Balaban J connectivity index is 3.76. The average molecular weight is 155 g/mol. The first-order valence-corrected chi connectivity index (χ1v) is 4.11. The molecular weight excluding hydrogens is 138 g/mol. The van der Waals surface area contributed by atoms with Crippen LogP contribution in [0.5, 0.6) is 0 Å². The number of nitrogens with zero attached hydrogens (tertiary/aromatic N) is 1. The van der Waals surface area contributed by atoms with Crippen LogP contribution in [0.25, 0.3) is 0 Å². The Kier molecular flexibility index (Phi) is 5.43. The largest absolute Gasteiger partial charge is 0.387 e. The van der Waals surface area contributed by atoms with E-state index in [9.17, 15) is 0 Å². The number of hydrogen-bond acceptors (Lipinski definition) is 1. The van der Waals surface area contributed by atoms with Gasteiger partial charge in [0.1, 0.15) is 11.7 Å². The van der Waals surface area contributed by atoms with E-state index in [0.29, 0.717) is 11.7 Å². The van der Waals surface area contributed by atoms with Crippen molar-refractivity contribution in [1.29, 1.82) is 5.41 Å². The molecule has 0 heterocycles. The molecule has 0 spiro atoms. The zero-order valence-electron chi connectivity index (χ0n) is 7.35. The minimum absolute atomic E-state index is 0.401. The number of aliphatic imine (C=N–C) groups is 1. The average Bonchev–Trinajstić information content (AvgIpc) is 1.87. The van der Waals surface area contributed by atoms with E-state index in [1.807, 2.05) is 13.8 Å². The lowest BCUT2D eigenvalue weighted by atomic mass is 10.3. The Morgan fingerprint density at radius 3 is 2.27 bits per heavy atom. The molecule has 0 unspecified atom stereocenters. The van der Waals surface area contributed by atoms with Gasteiger partial charge in [-0.25, -0.2) is 4.99 Å². The first-order valence-electron chi connectivity index (χ1n) is 4.11. The molecule has 0 saturated carbocycles. The van der Waals surface area contributed by atoms with Gasteiger partial charge in [-0.2, -0.15) is 0 Å². The lowest BCUT2D eigenvalue weighted by Gasteiger charge is -1.97. The summed E-state index contributed by atoms with van der Waals surface area (Å²) in [5, 5.41) is 7.33. The Hall–Kier alpha value is -0.860. The number of amidine groups is 2. The van der Waals surface area contributed by atoms with Crippen LogP contribution in [0.3, 0.4) is 0 Å². The maximum absolute atomic E-state index is 7.33. The van der Waals surface area contributed by atoms with Gasteiger partial charge in [0.25, 0.3) is 0 Å². The molecule has 0 amide bonds. The lowest BCUT2D eigenvalue weighted by molar-refractivity contribution is 0.961. The summed E-state index contributed by atoms with van der Waals surface area (Å²) < 4.78 is 0. The summed E-state index contributed by atoms with van der Waals surface area (Å²) in [6.07, 6.45) is 3.48. The van der Waals surface area contributed by atoms with E-state index in [-0.39, 0.29) is 0 Å². The minimum atomic E-state index is 0.401. The molecule has 64 valence electrons. The molecule has 11 heavy (non-hydrogen) atoms. The van der Waals surface area contributed by atoms with Crippen LogP contribution in [0.1, 0.15) is 39.5 Å². The first kappa shape index (κ1) is 10.1. The second-order valence-corrected chi connectivity index (χ2v) is 2.55. The van der Waals surface area contributed by atoms with Crippen molar-refractivity contribution in [3.8, 4) is 0 Å². The van der Waals surface area contributed by atoms with Crippen molar-refractivity contribution in [2.24, 2.45) is 10.7 Å². The molecule has 0 atom stereocenters. The molecule has 0 aromatic rings. The highest BCUT2D eigenvalue weighted by Crippen LogP contribution is 1.93. The smallest absolute Gasteiger partial charge is 0.122 e. The highest BCUT2D eigenvalue weighted by atomic mass is 14.9. The summed E-state index contributed by atoms with van der Waals surface area (Å²) in [7, 11) is 0. The molecule has 0 fully saturated rings. The molecule has 0 aliphatic carbocycles. The summed E-state index contributed by atoms with van der Waals surface area (Å²) in [5.41, 5.74) is 5.52. The third-order valence-electron chi connectivity index (χ3n) is 1.27. The summed E-state index contributed by atoms with van der Waals surface area (Å²) in [6, 6.07) is 0. The van der Waals surface area contributed by atoms with E-state index < -0.39 is 0 Å². The van der Waals surface area contributed by atoms with Crippen molar-refractivity contribution in [3.63, 3.8) is 0 Å². The second kappa shape index (κ2) is 5.89. The second-order valence-electron chi connectivity index (χ2n) is 2.55. The molecule has 0 rings (SSSR count). The molecule has 0 bridgehead atoms. The van der Waals surface area contributed by atoms with E-state index >= 15 is 0 Å². The van der Waals surface area contributed by atoms with Gasteiger partial charge in [0.15, 0.2) is 0 Å². The summed E-state index contributed by atoms with van der Waals surface area (Å²) in [5.74, 6) is 0.990. The van der Waals surface area contributed by atoms with Crippen LogP contribution in [0, 0.1) is 5.41 Å². The summed E-state index contributed by atoms with van der Waals surface area (Å²) >= 11 is 0. The molecule has 3 nitrogen and oxygen atoms in total.